The summed E-state index contributed by atoms with van der Waals surface area (Å²) in [5.41, 5.74) is 1.27. The normalized spacial score (nSPS) is 25.2. The van der Waals surface area contributed by atoms with Gasteiger partial charge in [-0.1, -0.05) is 0 Å². The van der Waals surface area contributed by atoms with Gasteiger partial charge in [-0.15, -0.1) is 0 Å². The Morgan fingerprint density at radius 3 is 3.27 bits per heavy atom. The first kappa shape index (κ1) is 9.36. The fourth-order valence-electron chi connectivity index (χ4n) is 2.05. The van der Waals surface area contributed by atoms with Crippen LogP contribution in [-0.2, 0) is 11.3 Å². The second-order valence-electron chi connectivity index (χ2n) is 4.53. The molecule has 1 atom stereocenters. The highest BCUT2D eigenvalue weighted by atomic mass is 16.5. The highest BCUT2D eigenvalue weighted by molar-refractivity contribution is 5.04. The number of aromatic nitrogens is 2. The smallest absolute Gasteiger partial charge is 0.0880 e. The quantitative estimate of drug-likeness (QED) is 0.799. The monoisotopic (exact) mass is 207 g/mol. The van der Waals surface area contributed by atoms with E-state index in [-0.39, 0.29) is 0 Å². The van der Waals surface area contributed by atoms with Gasteiger partial charge in [0, 0.05) is 25.9 Å². The third kappa shape index (κ3) is 2.06. The molecule has 0 amide bonds. The minimum atomic E-state index is 0.377. The number of ether oxygens (including phenoxy) is 1. The second-order valence-corrected chi connectivity index (χ2v) is 4.53. The number of hydrogen-bond donors (Lipinski definition) is 1. The van der Waals surface area contributed by atoms with Crippen LogP contribution in [0.3, 0.4) is 0 Å². The molecule has 4 nitrogen and oxygen atoms in total. The van der Waals surface area contributed by atoms with Crippen LogP contribution in [-0.4, -0.2) is 29.5 Å². The van der Waals surface area contributed by atoms with E-state index in [9.17, 15) is 0 Å². The molecule has 1 aromatic heterocycles. The number of fused-ring (bicyclic) bond motifs is 1. The summed E-state index contributed by atoms with van der Waals surface area (Å²) in [5.74, 6) is 0.846. The molecule has 0 aromatic carbocycles. The van der Waals surface area contributed by atoms with Crippen LogP contribution in [0.25, 0.3) is 0 Å². The topological polar surface area (TPSA) is 39.1 Å². The number of hydrogen-bond acceptors (Lipinski definition) is 3. The maximum absolute atomic E-state index is 5.72. The third-order valence-corrected chi connectivity index (χ3v) is 3.14. The van der Waals surface area contributed by atoms with E-state index in [4.69, 9.17) is 4.74 Å². The summed E-state index contributed by atoms with van der Waals surface area (Å²) in [6, 6.07) is 2.45. The van der Waals surface area contributed by atoms with Gasteiger partial charge in [-0.2, -0.15) is 5.10 Å². The van der Waals surface area contributed by atoms with Gasteiger partial charge in [-0.05, 0) is 24.8 Å². The molecule has 15 heavy (non-hydrogen) atoms. The highest BCUT2D eigenvalue weighted by Gasteiger charge is 2.23. The summed E-state index contributed by atoms with van der Waals surface area (Å²) in [6.45, 7) is 3.63. The van der Waals surface area contributed by atoms with Crippen molar-refractivity contribution >= 4 is 0 Å². The van der Waals surface area contributed by atoms with Crippen molar-refractivity contribution in [3.8, 4) is 0 Å². The van der Waals surface area contributed by atoms with E-state index in [0.717, 1.165) is 32.2 Å². The standard InChI is InChI=1S/C11H17N3O/c1-2-9(1)7-15-8-11-6-12-5-10-3-4-13-14(10)11/h3-4,9,11-12H,1-2,5-8H2/t11-/m0/s1. The molecule has 0 radical (unpaired) electrons. The van der Waals surface area contributed by atoms with Crippen LogP contribution in [0.5, 0.6) is 0 Å². The molecule has 1 aliphatic heterocycles. The van der Waals surface area contributed by atoms with Crippen molar-refractivity contribution in [1.29, 1.82) is 0 Å². The third-order valence-electron chi connectivity index (χ3n) is 3.14. The number of nitrogens with one attached hydrogen (secondary N) is 1. The highest BCUT2D eigenvalue weighted by Crippen LogP contribution is 2.29. The van der Waals surface area contributed by atoms with Crippen molar-refractivity contribution in [1.82, 2.24) is 15.1 Å². The van der Waals surface area contributed by atoms with E-state index in [0.29, 0.717) is 6.04 Å². The molecule has 0 unspecified atom stereocenters. The van der Waals surface area contributed by atoms with E-state index in [1.54, 1.807) is 0 Å². The SMILES string of the molecule is c1cc2n(n1)[C@H](COCC1CC1)CNC2. The average molecular weight is 207 g/mol. The van der Waals surface area contributed by atoms with Crippen molar-refractivity contribution in [2.24, 2.45) is 5.92 Å². The zero-order valence-corrected chi connectivity index (χ0v) is 8.85. The van der Waals surface area contributed by atoms with Gasteiger partial charge in [-0.3, -0.25) is 4.68 Å². The Morgan fingerprint density at radius 1 is 1.47 bits per heavy atom. The predicted octanol–water partition coefficient (Wildman–Crippen LogP) is 0.954. The summed E-state index contributed by atoms with van der Waals surface area (Å²) in [7, 11) is 0. The summed E-state index contributed by atoms with van der Waals surface area (Å²) in [6.07, 6.45) is 4.59. The summed E-state index contributed by atoms with van der Waals surface area (Å²) < 4.78 is 7.82. The van der Waals surface area contributed by atoms with Gasteiger partial charge in [-0.25, -0.2) is 0 Å². The molecule has 82 valence electrons. The maximum atomic E-state index is 5.72. The second kappa shape index (κ2) is 3.94. The molecule has 4 heteroatoms. The van der Waals surface area contributed by atoms with Gasteiger partial charge in [0.2, 0.25) is 0 Å². The zero-order chi connectivity index (χ0) is 10.1. The lowest BCUT2D eigenvalue weighted by Crippen LogP contribution is -2.36. The van der Waals surface area contributed by atoms with Crippen molar-refractivity contribution < 1.29 is 4.74 Å². The largest absolute Gasteiger partial charge is 0.379 e. The summed E-state index contributed by atoms with van der Waals surface area (Å²) in [4.78, 5) is 0. The van der Waals surface area contributed by atoms with E-state index in [1.807, 2.05) is 6.20 Å². The Hall–Kier alpha value is -0.870. The lowest BCUT2D eigenvalue weighted by molar-refractivity contribution is 0.0850. The summed E-state index contributed by atoms with van der Waals surface area (Å²) in [5, 5.41) is 7.74. The van der Waals surface area contributed by atoms with Crippen LogP contribution in [0.15, 0.2) is 12.3 Å². The van der Waals surface area contributed by atoms with Crippen molar-refractivity contribution in [2.75, 3.05) is 19.8 Å². The Morgan fingerprint density at radius 2 is 2.40 bits per heavy atom. The zero-order valence-electron chi connectivity index (χ0n) is 8.85. The first-order chi connectivity index (χ1) is 7.43. The first-order valence-corrected chi connectivity index (χ1v) is 5.74. The average Bonchev–Trinajstić information content (AvgIpc) is 2.95. The van der Waals surface area contributed by atoms with Crippen LogP contribution in [0.2, 0.25) is 0 Å². The molecule has 3 rings (SSSR count). The van der Waals surface area contributed by atoms with E-state index >= 15 is 0 Å². The van der Waals surface area contributed by atoms with Gasteiger partial charge < -0.3 is 10.1 Å². The minimum absolute atomic E-state index is 0.377. The van der Waals surface area contributed by atoms with Gasteiger partial charge in [0.05, 0.1) is 18.3 Å². The fraction of sp³-hybridized carbons (Fsp3) is 0.727. The number of rotatable bonds is 4. The van der Waals surface area contributed by atoms with Crippen LogP contribution < -0.4 is 5.32 Å². The molecule has 0 bridgehead atoms. The molecular formula is C11H17N3O. The van der Waals surface area contributed by atoms with Gasteiger partial charge in [0.15, 0.2) is 0 Å². The first-order valence-electron chi connectivity index (χ1n) is 5.74. The molecule has 0 spiro atoms. The van der Waals surface area contributed by atoms with Crippen LogP contribution >= 0.6 is 0 Å². The molecule has 2 aliphatic rings. The molecular weight excluding hydrogens is 190 g/mol. The van der Waals surface area contributed by atoms with Gasteiger partial charge in [0.25, 0.3) is 0 Å². The summed E-state index contributed by atoms with van der Waals surface area (Å²) >= 11 is 0. The Balaban J connectivity index is 1.57. The van der Waals surface area contributed by atoms with Gasteiger partial charge >= 0.3 is 0 Å². The minimum Gasteiger partial charge on any atom is -0.379 e. The Kier molecular flexibility index (Phi) is 2.46. The lowest BCUT2D eigenvalue weighted by atomic mass is 10.2. The Bertz CT molecular complexity index is 332. The Labute approximate surface area is 89.6 Å². The molecule has 1 N–H and O–H groups in total. The molecule has 0 saturated heterocycles. The maximum Gasteiger partial charge on any atom is 0.0880 e. The van der Waals surface area contributed by atoms with Gasteiger partial charge in [0.1, 0.15) is 0 Å². The lowest BCUT2D eigenvalue weighted by Gasteiger charge is -2.25. The molecule has 1 fully saturated rings. The van der Waals surface area contributed by atoms with Crippen molar-refractivity contribution in [3.63, 3.8) is 0 Å². The molecule has 2 heterocycles. The van der Waals surface area contributed by atoms with E-state index in [1.165, 1.54) is 18.5 Å². The predicted molar refractivity (Wildman–Crippen MR) is 56.5 cm³/mol. The molecule has 1 saturated carbocycles. The van der Waals surface area contributed by atoms with Crippen molar-refractivity contribution in [2.45, 2.75) is 25.4 Å². The van der Waals surface area contributed by atoms with Crippen LogP contribution in [0.1, 0.15) is 24.6 Å². The number of nitrogens with zero attached hydrogens (tertiary/aromatic N) is 2. The van der Waals surface area contributed by atoms with Crippen molar-refractivity contribution in [3.05, 3.63) is 18.0 Å². The van der Waals surface area contributed by atoms with E-state index < -0.39 is 0 Å². The molecule has 1 aromatic rings. The van der Waals surface area contributed by atoms with E-state index in [2.05, 4.69) is 21.2 Å². The fourth-order valence-corrected chi connectivity index (χ4v) is 2.05. The van der Waals surface area contributed by atoms with Crippen LogP contribution in [0, 0.1) is 5.92 Å². The molecule has 1 aliphatic carbocycles. The van der Waals surface area contributed by atoms with Crippen LogP contribution in [0.4, 0.5) is 0 Å².